The van der Waals surface area contributed by atoms with Crippen LogP contribution in [-0.4, -0.2) is 5.43 Å². The molecule has 0 nitrogen and oxygen atoms in total. The van der Waals surface area contributed by atoms with Crippen molar-refractivity contribution in [1.82, 2.24) is 0 Å². The van der Waals surface area contributed by atoms with Crippen LogP contribution >= 0.6 is 0 Å². The summed E-state index contributed by atoms with van der Waals surface area (Å²) in [6, 6.07) is 18.3. The van der Waals surface area contributed by atoms with Gasteiger partial charge in [-0.2, -0.15) is 0 Å². The van der Waals surface area contributed by atoms with Crippen molar-refractivity contribution in [3.63, 3.8) is 0 Å². The van der Waals surface area contributed by atoms with Gasteiger partial charge in [0.1, 0.15) is 0 Å². The molecule has 1 saturated heterocycles. The molecule has 172 valence electrons. The number of benzene rings is 2. The number of allylic oxidation sites excluding steroid dienone is 4. The number of rotatable bonds is 2. The predicted molar refractivity (Wildman–Crippen MR) is 142 cm³/mol. The van der Waals surface area contributed by atoms with Crippen LogP contribution in [0.4, 0.5) is 0 Å². The molecule has 2 aliphatic carbocycles. The van der Waals surface area contributed by atoms with Crippen molar-refractivity contribution in [3.05, 3.63) is 80.2 Å². The molecular formula is C31H40SiZr. The molecule has 0 bridgehead atoms. The van der Waals surface area contributed by atoms with E-state index in [1.165, 1.54) is 36.8 Å². The van der Waals surface area contributed by atoms with Crippen molar-refractivity contribution >= 4 is 5.43 Å². The van der Waals surface area contributed by atoms with E-state index in [1.54, 1.807) is 34.3 Å². The molecule has 0 saturated carbocycles. The SMILES string of the molecule is CC(C)(C)c1ccc2c(c1)-c1cc(C(C)(C)C)ccc1[CH]2[Zr]([C]1=CC=CC1)=[Si]1CCCCC1. The molecule has 1 fully saturated rings. The molecule has 0 N–H and O–H groups in total. The van der Waals surface area contributed by atoms with Crippen LogP contribution in [0.15, 0.2) is 57.9 Å². The van der Waals surface area contributed by atoms with Gasteiger partial charge in [-0.3, -0.25) is 0 Å². The van der Waals surface area contributed by atoms with Crippen LogP contribution in [0.1, 0.15) is 93.1 Å². The first-order valence-electron chi connectivity index (χ1n) is 13.0. The van der Waals surface area contributed by atoms with Crippen molar-refractivity contribution < 1.29 is 20.4 Å². The van der Waals surface area contributed by atoms with Gasteiger partial charge in [0, 0.05) is 0 Å². The van der Waals surface area contributed by atoms with Gasteiger partial charge in [-0.25, -0.2) is 0 Å². The second-order valence-corrected chi connectivity index (χ2v) is 28.1. The average Bonchev–Trinajstić information content (AvgIpc) is 3.40. The van der Waals surface area contributed by atoms with E-state index in [-0.39, 0.29) is 16.3 Å². The monoisotopic (exact) mass is 530 g/mol. The Hall–Kier alpha value is -0.980. The summed E-state index contributed by atoms with van der Waals surface area (Å²) in [6.45, 7) is 14.1. The molecule has 5 rings (SSSR count). The van der Waals surface area contributed by atoms with Crippen LogP contribution in [0.2, 0.25) is 12.1 Å². The van der Waals surface area contributed by atoms with Crippen LogP contribution in [0, 0.1) is 0 Å². The molecule has 1 aliphatic heterocycles. The molecule has 0 spiro atoms. The van der Waals surface area contributed by atoms with Crippen molar-refractivity contribution in [2.45, 2.75) is 93.8 Å². The third-order valence-corrected chi connectivity index (χ3v) is 29.1. The van der Waals surface area contributed by atoms with E-state index in [1.807, 2.05) is 3.28 Å². The molecule has 0 unspecified atom stereocenters. The van der Waals surface area contributed by atoms with E-state index in [0.717, 1.165) is 3.63 Å². The van der Waals surface area contributed by atoms with Crippen LogP contribution in [0.3, 0.4) is 0 Å². The van der Waals surface area contributed by atoms with Gasteiger partial charge in [0.05, 0.1) is 0 Å². The molecule has 2 heteroatoms. The van der Waals surface area contributed by atoms with Gasteiger partial charge in [0.2, 0.25) is 0 Å². The Bertz CT molecular complexity index is 1110. The Labute approximate surface area is 209 Å². The normalized spacial score (nSPS) is 18.4. The summed E-state index contributed by atoms with van der Waals surface area (Å²) in [4.78, 5) is 0. The first-order valence-corrected chi connectivity index (χ1v) is 21.3. The molecule has 0 amide bonds. The van der Waals surface area contributed by atoms with Gasteiger partial charge in [0.25, 0.3) is 0 Å². The van der Waals surface area contributed by atoms with Crippen LogP contribution in [0.25, 0.3) is 11.1 Å². The van der Waals surface area contributed by atoms with E-state index in [9.17, 15) is 0 Å². The predicted octanol–water partition coefficient (Wildman–Crippen LogP) is 8.99. The standard InChI is InChI=1S/C21H25.C5H10Si.C5H5.Zr/c1-20(2,3)16-9-7-14-11-15-8-10-17(21(4,5)6)13-19(15)18(14)12-16;1-2-4-6-5-3-1;1-2-4-5-3-1;/h7-13H,1-6H3;1-5H2;1-3H,4H2;. The number of fused-ring (bicyclic) bond motifs is 3. The number of hydrogen-bond acceptors (Lipinski definition) is 0. The fourth-order valence-corrected chi connectivity index (χ4v) is 30.1. The molecule has 2 aromatic rings. The van der Waals surface area contributed by atoms with E-state index < -0.39 is 20.4 Å². The quantitative estimate of drug-likeness (QED) is 0.339. The van der Waals surface area contributed by atoms with Crippen LogP contribution in [0.5, 0.6) is 0 Å². The molecule has 0 aromatic heterocycles. The maximum atomic E-state index is 2.57. The average molecular weight is 532 g/mol. The van der Waals surface area contributed by atoms with E-state index in [4.69, 9.17) is 0 Å². The van der Waals surface area contributed by atoms with Crippen LogP contribution < -0.4 is 0 Å². The second kappa shape index (κ2) is 8.91. The molecule has 2 aromatic carbocycles. The summed E-state index contributed by atoms with van der Waals surface area (Å²) in [5.41, 5.74) is 9.62. The van der Waals surface area contributed by atoms with Crippen molar-refractivity contribution in [3.8, 4) is 11.1 Å². The molecule has 0 radical (unpaired) electrons. The summed E-state index contributed by atoms with van der Waals surface area (Å²) in [7, 11) is 0. The fraction of sp³-hybridized carbons (Fsp3) is 0.484. The zero-order valence-corrected chi connectivity index (χ0v) is 25.0. The summed E-state index contributed by atoms with van der Waals surface area (Å²) < 4.78 is 2.65. The first-order chi connectivity index (χ1) is 15.6. The third kappa shape index (κ3) is 4.52. The Morgan fingerprint density at radius 2 is 1.30 bits per heavy atom. The Kier molecular flexibility index (Phi) is 6.41. The van der Waals surface area contributed by atoms with Gasteiger partial charge in [0.15, 0.2) is 0 Å². The summed E-state index contributed by atoms with van der Waals surface area (Å²) >= 11 is -1.87. The van der Waals surface area contributed by atoms with Crippen molar-refractivity contribution in [1.29, 1.82) is 0 Å². The van der Waals surface area contributed by atoms with Gasteiger partial charge < -0.3 is 0 Å². The zero-order valence-electron chi connectivity index (χ0n) is 21.5. The topological polar surface area (TPSA) is 0 Å². The first kappa shape index (κ1) is 23.7. The molecule has 33 heavy (non-hydrogen) atoms. The Balaban J connectivity index is 1.76. The van der Waals surface area contributed by atoms with Gasteiger partial charge >= 0.3 is 211 Å². The Morgan fingerprint density at radius 1 is 0.758 bits per heavy atom. The van der Waals surface area contributed by atoms with Gasteiger partial charge in [-0.1, -0.05) is 0 Å². The summed E-state index contributed by atoms with van der Waals surface area (Å²) in [5.74, 6) is 0. The maximum absolute atomic E-state index is 2.57. The molecule has 0 atom stereocenters. The second-order valence-electron chi connectivity index (χ2n) is 12.4. The molecular weight excluding hydrogens is 492 g/mol. The van der Waals surface area contributed by atoms with Gasteiger partial charge in [-0.15, -0.1) is 0 Å². The van der Waals surface area contributed by atoms with E-state index in [0.29, 0.717) is 0 Å². The zero-order chi connectivity index (χ0) is 23.4. The van der Waals surface area contributed by atoms with E-state index in [2.05, 4.69) is 96.2 Å². The van der Waals surface area contributed by atoms with Gasteiger partial charge in [-0.05, 0) is 0 Å². The van der Waals surface area contributed by atoms with E-state index >= 15 is 0 Å². The molecule has 1 heterocycles. The van der Waals surface area contributed by atoms with Crippen molar-refractivity contribution in [2.24, 2.45) is 0 Å². The van der Waals surface area contributed by atoms with Crippen molar-refractivity contribution in [2.75, 3.05) is 0 Å². The minimum atomic E-state index is -1.87. The minimum absolute atomic E-state index is 0.185. The fourth-order valence-electron chi connectivity index (χ4n) is 6.01. The summed E-state index contributed by atoms with van der Waals surface area (Å²) in [6.07, 6.45) is 13.1. The van der Waals surface area contributed by atoms with Crippen LogP contribution in [-0.2, 0) is 31.2 Å². The number of hydrogen-bond donors (Lipinski definition) is 0. The third-order valence-electron chi connectivity index (χ3n) is 7.99. The Morgan fingerprint density at radius 3 is 1.76 bits per heavy atom. The molecule has 3 aliphatic rings. The summed E-state index contributed by atoms with van der Waals surface area (Å²) in [5, 5.41) is 0.